The van der Waals surface area contributed by atoms with Gasteiger partial charge in [0.15, 0.2) is 0 Å². The van der Waals surface area contributed by atoms with Gasteiger partial charge in [-0.2, -0.15) is 0 Å². The number of nitrogens with zero attached hydrogens (tertiary/aromatic N) is 2. The Labute approximate surface area is 141 Å². The van der Waals surface area contributed by atoms with Crippen LogP contribution in [0, 0.1) is 6.92 Å². The fraction of sp³-hybridized carbons (Fsp3) is 0.421. The Kier molecular flexibility index (Phi) is 5.00. The summed E-state index contributed by atoms with van der Waals surface area (Å²) in [5.74, 6) is 0.803. The molecule has 0 N–H and O–H groups in total. The molecule has 0 radical (unpaired) electrons. The first-order chi connectivity index (χ1) is 11.5. The molecule has 1 aliphatic rings. The van der Waals surface area contributed by atoms with Crippen molar-refractivity contribution in [3.05, 3.63) is 63.6 Å². The maximum atomic E-state index is 12.9. The molecule has 5 heteroatoms. The zero-order valence-corrected chi connectivity index (χ0v) is 14.2. The van der Waals surface area contributed by atoms with E-state index in [0.29, 0.717) is 19.6 Å². The topological polar surface area (TPSA) is 34.5 Å². The van der Waals surface area contributed by atoms with Gasteiger partial charge in [-0.3, -0.25) is 9.69 Å². The van der Waals surface area contributed by atoms with Crippen LogP contribution >= 0.6 is 0 Å². The molecule has 0 unspecified atom stereocenters. The van der Waals surface area contributed by atoms with Crippen molar-refractivity contribution < 1.29 is 9.13 Å². The fourth-order valence-electron chi connectivity index (χ4n) is 3.02. The molecule has 128 valence electrons. The lowest BCUT2D eigenvalue weighted by Crippen LogP contribution is -2.48. The second kappa shape index (κ2) is 7.18. The smallest absolute Gasteiger partial charge is 0.253 e. The Morgan fingerprint density at radius 3 is 2.54 bits per heavy atom. The third kappa shape index (κ3) is 3.85. The van der Waals surface area contributed by atoms with Crippen molar-refractivity contribution in [2.75, 3.05) is 26.7 Å². The summed E-state index contributed by atoms with van der Waals surface area (Å²) in [6.45, 7) is 4.28. The van der Waals surface area contributed by atoms with Gasteiger partial charge in [0.2, 0.25) is 0 Å². The molecule has 24 heavy (non-hydrogen) atoms. The summed E-state index contributed by atoms with van der Waals surface area (Å²) < 4.78 is 19.8. The normalized spacial score (nSPS) is 15.3. The van der Waals surface area contributed by atoms with Crippen molar-refractivity contribution in [3.63, 3.8) is 0 Å². The molecule has 2 aromatic rings. The zero-order valence-electron chi connectivity index (χ0n) is 14.2. The monoisotopic (exact) mass is 330 g/mol. The van der Waals surface area contributed by atoms with Crippen molar-refractivity contribution in [1.82, 2.24) is 9.47 Å². The number of aryl methyl sites for hydroxylation is 1. The first-order valence-electron chi connectivity index (χ1n) is 8.24. The lowest BCUT2D eigenvalue weighted by Gasteiger charge is -2.34. The molecule has 0 amide bonds. The first-order valence-corrected chi connectivity index (χ1v) is 8.24. The molecule has 1 aromatic carbocycles. The van der Waals surface area contributed by atoms with Crippen LogP contribution in [0.3, 0.4) is 0 Å². The van der Waals surface area contributed by atoms with Crippen LogP contribution in [0.5, 0.6) is 5.75 Å². The van der Waals surface area contributed by atoms with E-state index in [4.69, 9.17) is 4.74 Å². The van der Waals surface area contributed by atoms with Crippen LogP contribution in [0.25, 0.3) is 0 Å². The number of hydrogen-bond acceptors (Lipinski definition) is 3. The maximum Gasteiger partial charge on any atom is 0.253 e. The number of methoxy groups -OCH3 is 1. The van der Waals surface area contributed by atoms with Gasteiger partial charge in [-0.1, -0.05) is 12.1 Å². The Balaban J connectivity index is 1.72. The molecular weight excluding hydrogens is 307 g/mol. The molecular formula is C19H23FN2O2. The van der Waals surface area contributed by atoms with E-state index < -0.39 is 6.17 Å². The summed E-state index contributed by atoms with van der Waals surface area (Å²) in [6, 6.07) is 9.67. The summed E-state index contributed by atoms with van der Waals surface area (Å²) in [5.41, 5.74) is 2.94. The maximum absolute atomic E-state index is 12.9. The molecule has 0 bridgehead atoms. The van der Waals surface area contributed by atoms with E-state index in [2.05, 4.69) is 4.90 Å². The fourth-order valence-corrected chi connectivity index (χ4v) is 3.02. The molecule has 1 fully saturated rings. The average molecular weight is 330 g/mol. The second-order valence-electron chi connectivity index (χ2n) is 6.42. The van der Waals surface area contributed by atoms with Gasteiger partial charge in [0.25, 0.3) is 5.56 Å². The molecule has 0 aliphatic carbocycles. The molecule has 3 rings (SSSR count). The van der Waals surface area contributed by atoms with E-state index in [1.165, 1.54) is 0 Å². The largest absolute Gasteiger partial charge is 0.497 e. The second-order valence-corrected chi connectivity index (χ2v) is 6.42. The number of aromatic nitrogens is 1. The molecule has 0 atom stereocenters. The minimum absolute atomic E-state index is 0.0299. The SMILES string of the molecule is COc1ccc(Cn2cc(CCN3CC(F)C3)cc(C)c2=O)cc1. The van der Waals surface area contributed by atoms with E-state index >= 15 is 0 Å². The number of pyridine rings is 1. The van der Waals surface area contributed by atoms with Gasteiger partial charge in [-0.15, -0.1) is 0 Å². The molecule has 1 saturated heterocycles. The highest BCUT2D eigenvalue weighted by molar-refractivity contribution is 5.28. The van der Waals surface area contributed by atoms with Crippen LogP contribution in [-0.4, -0.2) is 42.4 Å². The number of ether oxygens (including phenoxy) is 1. The lowest BCUT2D eigenvalue weighted by molar-refractivity contribution is 0.0670. The third-order valence-corrected chi connectivity index (χ3v) is 4.46. The first kappa shape index (κ1) is 16.7. The Bertz CT molecular complexity index is 749. The van der Waals surface area contributed by atoms with Gasteiger partial charge in [-0.05, 0) is 42.7 Å². The minimum atomic E-state index is -0.671. The average Bonchev–Trinajstić information content (AvgIpc) is 2.55. The lowest BCUT2D eigenvalue weighted by atomic mass is 10.1. The summed E-state index contributed by atoms with van der Waals surface area (Å²) in [6.07, 6.45) is 2.08. The number of benzene rings is 1. The van der Waals surface area contributed by atoms with E-state index in [9.17, 15) is 9.18 Å². The predicted molar refractivity (Wildman–Crippen MR) is 92.6 cm³/mol. The molecule has 0 spiro atoms. The van der Waals surface area contributed by atoms with Gasteiger partial charge in [0.1, 0.15) is 11.9 Å². The quantitative estimate of drug-likeness (QED) is 0.816. The molecule has 2 heterocycles. The Hall–Kier alpha value is -2.14. The van der Waals surface area contributed by atoms with Gasteiger partial charge in [0.05, 0.1) is 13.7 Å². The molecule has 0 saturated carbocycles. The number of alkyl halides is 1. The highest BCUT2D eigenvalue weighted by atomic mass is 19.1. The van der Waals surface area contributed by atoms with Gasteiger partial charge in [0, 0.05) is 31.4 Å². The Morgan fingerprint density at radius 1 is 1.21 bits per heavy atom. The van der Waals surface area contributed by atoms with Crippen LogP contribution in [0.2, 0.25) is 0 Å². The Morgan fingerprint density at radius 2 is 1.92 bits per heavy atom. The van der Waals surface area contributed by atoms with Crippen LogP contribution in [-0.2, 0) is 13.0 Å². The van der Waals surface area contributed by atoms with Crippen LogP contribution < -0.4 is 10.3 Å². The molecule has 4 nitrogen and oxygen atoms in total. The van der Waals surface area contributed by atoms with E-state index in [-0.39, 0.29) is 5.56 Å². The summed E-state index contributed by atoms with van der Waals surface area (Å²) >= 11 is 0. The summed E-state index contributed by atoms with van der Waals surface area (Å²) in [4.78, 5) is 14.5. The number of hydrogen-bond donors (Lipinski definition) is 0. The minimum Gasteiger partial charge on any atom is -0.497 e. The number of rotatable bonds is 6. The zero-order chi connectivity index (χ0) is 17.1. The van der Waals surface area contributed by atoms with Crippen LogP contribution in [0.4, 0.5) is 4.39 Å². The summed E-state index contributed by atoms with van der Waals surface area (Å²) in [7, 11) is 1.63. The highest BCUT2D eigenvalue weighted by Crippen LogP contribution is 2.14. The van der Waals surface area contributed by atoms with E-state index in [0.717, 1.165) is 35.4 Å². The van der Waals surface area contributed by atoms with Gasteiger partial charge < -0.3 is 9.30 Å². The van der Waals surface area contributed by atoms with Crippen molar-refractivity contribution in [1.29, 1.82) is 0 Å². The van der Waals surface area contributed by atoms with Gasteiger partial charge >= 0.3 is 0 Å². The predicted octanol–water partition coefficient (Wildman–Crippen LogP) is 2.41. The molecule has 1 aromatic heterocycles. The molecule has 1 aliphatic heterocycles. The van der Waals surface area contributed by atoms with E-state index in [1.54, 1.807) is 11.7 Å². The van der Waals surface area contributed by atoms with Crippen molar-refractivity contribution in [2.24, 2.45) is 0 Å². The van der Waals surface area contributed by atoms with Crippen molar-refractivity contribution >= 4 is 0 Å². The number of likely N-dealkylation sites (tertiary alicyclic amines) is 1. The van der Waals surface area contributed by atoms with E-state index in [1.807, 2.05) is 43.5 Å². The van der Waals surface area contributed by atoms with Gasteiger partial charge in [-0.25, -0.2) is 4.39 Å². The van der Waals surface area contributed by atoms with Crippen molar-refractivity contribution in [2.45, 2.75) is 26.1 Å². The standard InChI is InChI=1S/C19H23FN2O2/c1-14-9-16(7-8-21-12-17(20)13-21)11-22(19(14)23)10-15-3-5-18(24-2)6-4-15/h3-6,9,11,17H,7-8,10,12-13H2,1-2H3. The van der Waals surface area contributed by atoms with Crippen LogP contribution in [0.15, 0.2) is 41.3 Å². The highest BCUT2D eigenvalue weighted by Gasteiger charge is 2.25. The van der Waals surface area contributed by atoms with Crippen LogP contribution in [0.1, 0.15) is 16.7 Å². The summed E-state index contributed by atoms with van der Waals surface area (Å²) in [5, 5.41) is 0. The number of halogens is 1. The van der Waals surface area contributed by atoms with Crippen molar-refractivity contribution in [3.8, 4) is 5.75 Å². The third-order valence-electron chi connectivity index (χ3n) is 4.46.